The van der Waals surface area contributed by atoms with Gasteiger partial charge in [-0.15, -0.1) is 24.0 Å². The number of hydrogen-bond donors (Lipinski definition) is 3. The number of anilines is 1. The molecule has 7 heteroatoms. The minimum atomic E-state index is 0. The third kappa shape index (κ3) is 8.50. The van der Waals surface area contributed by atoms with Gasteiger partial charge in [0.05, 0.1) is 12.6 Å². The van der Waals surface area contributed by atoms with Crippen LogP contribution >= 0.6 is 24.0 Å². The summed E-state index contributed by atoms with van der Waals surface area (Å²) >= 11 is 0. The average Bonchev–Trinajstić information content (AvgIpc) is 3.30. The molecule has 2 fully saturated rings. The molecule has 0 radical (unpaired) electrons. The van der Waals surface area contributed by atoms with Crippen LogP contribution in [-0.4, -0.2) is 44.1 Å². The quantitative estimate of drug-likeness (QED) is 0.260. The van der Waals surface area contributed by atoms with Gasteiger partial charge in [0.1, 0.15) is 0 Å². The van der Waals surface area contributed by atoms with E-state index < -0.39 is 0 Å². The summed E-state index contributed by atoms with van der Waals surface area (Å²) in [5.41, 5.74) is 2.56. The first-order valence-electron chi connectivity index (χ1n) is 11.8. The number of rotatable bonds is 8. The van der Waals surface area contributed by atoms with Gasteiger partial charge in [-0.3, -0.25) is 9.79 Å². The van der Waals surface area contributed by atoms with Crippen LogP contribution in [0.5, 0.6) is 0 Å². The molecule has 1 heterocycles. The average molecular weight is 542 g/mol. The van der Waals surface area contributed by atoms with Crippen LogP contribution in [0.4, 0.5) is 5.69 Å². The lowest BCUT2D eigenvalue weighted by atomic mass is 9.95. The Bertz CT molecular complexity index is 699. The smallest absolute Gasteiger partial charge is 0.222 e. The molecule has 0 aromatic heterocycles. The molecule has 0 bridgehead atoms. The van der Waals surface area contributed by atoms with Crippen LogP contribution < -0.4 is 20.9 Å². The monoisotopic (exact) mass is 541 g/mol. The van der Waals surface area contributed by atoms with E-state index >= 15 is 0 Å². The molecular formula is C24H40IN5O. The molecule has 6 nitrogen and oxygen atoms in total. The second-order valence-electron chi connectivity index (χ2n) is 8.57. The van der Waals surface area contributed by atoms with Crippen molar-refractivity contribution in [2.24, 2.45) is 4.99 Å². The van der Waals surface area contributed by atoms with Crippen molar-refractivity contribution in [1.29, 1.82) is 0 Å². The summed E-state index contributed by atoms with van der Waals surface area (Å²) in [5.74, 6) is 0.884. The zero-order chi connectivity index (χ0) is 21.2. The van der Waals surface area contributed by atoms with E-state index in [-0.39, 0.29) is 35.9 Å². The highest BCUT2D eigenvalue weighted by Crippen LogP contribution is 2.24. The fourth-order valence-corrected chi connectivity index (χ4v) is 4.39. The van der Waals surface area contributed by atoms with Gasteiger partial charge in [0.2, 0.25) is 5.91 Å². The third-order valence-electron chi connectivity index (χ3n) is 6.12. The Morgan fingerprint density at radius 2 is 1.90 bits per heavy atom. The standard InChI is InChI=1S/C24H39N5O.HI/c1-3-25-24(26-15-14-23(30)28-21-11-5-4-6-12-21)27-19(2)20-10-9-13-22(18-20)29-16-7-8-17-29;/h9-10,13,18-19,21H,3-8,11-12,14-17H2,1-2H3,(H,28,30)(H2,25,26,27);1H. The maximum Gasteiger partial charge on any atom is 0.222 e. The molecule has 1 saturated carbocycles. The maximum atomic E-state index is 12.2. The first-order chi connectivity index (χ1) is 14.7. The summed E-state index contributed by atoms with van der Waals surface area (Å²) < 4.78 is 0. The molecule has 31 heavy (non-hydrogen) atoms. The zero-order valence-corrected chi connectivity index (χ0v) is 21.5. The molecule has 1 unspecified atom stereocenters. The van der Waals surface area contributed by atoms with Gasteiger partial charge in [0.25, 0.3) is 0 Å². The van der Waals surface area contributed by atoms with E-state index in [2.05, 4.69) is 64.0 Å². The summed E-state index contributed by atoms with van der Waals surface area (Å²) in [6.45, 7) is 7.81. The number of guanidine groups is 1. The molecule has 1 aromatic rings. The van der Waals surface area contributed by atoms with Crippen LogP contribution in [0.15, 0.2) is 29.3 Å². The van der Waals surface area contributed by atoms with Gasteiger partial charge in [-0.05, 0) is 57.2 Å². The van der Waals surface area contributed by atoms with E-state index in [1.807, 2.05) is 0 Å². The lowest BCUT2D eigenvalue weighted by Crippen LogP contribution is -2.39. The van der Waals surface area contributed by atoms with Gasteiger partial charge >= 0.3 is 0 Å². The molecule has 3 N–H and O–H groups in total. The topological polar surface area (TPSA) is 68.8 Å². The van der Waals surface area contributed by atoms with Gasteiger partial charge in [0, 0.05) is 37.8 Å². The lowest BCUT2D eigenvalue weighted by molar-refractivity contribution is -0.121. The molecule has 1 aliphatic heterocycles. The zero-order valence-electron chi connectivity index (χ0n) is 19.2. The second kappa shape index (κ2) is 13.8. The highest BCUT2D eigenvalue weighted by Gasteiger charge is 2.16. The number of benzene rings is 1. The molecule has 174 valence electrons. The van der Waals surface area contributed by atoms with E-state index in [0.717, 1.165) is 38.4 Å². The van der Waals surface area contributed by atoms with E-state index in [0.29, 0.717) is 19.0 Å². The third-order valence-corrected chi connectivity index (χ3v) is 6.12. The van der Waals surface area contributed by atoms with Crippen molar-refractivity contribution in [3.8, 4) is 0 Å². The Hall–Kier alpha value is -1.51. The van der Waals surface area contributed by atoms with E-state index in [4.69, 9.17) is 0 Å². The van der Waals surface area contributed by atoms with Gasteiger partial charge in [0.15, 0.2) is 5.96 Å². The second-order valence-corrected chi connectivity index (χ2v) is 8.57. The number of amides is 1. The highest BCUT2D eigenvalue weighted by atomic mass is 127. The summed E-state index contributed by atoms with van der Waals surface area (Å²) in [7, 11) is 0. The van der Waals surface area contributed by atoms with Crippen LogP contribution in [0.3, 0.4) is 0 Å². The summed E-state index contributed by atoms with van der Waals surface area (Å²) in [4.78, 5) is 19.3. The molecule has 1 amide bonds. The van der Waals surface area contributed by atoms with Gasteiger partial charge in [-0.25, -0.2) is 0 Å². The minimum absolute atomic E-state index is 0. The van der Waals surface area contributed by atoms with Crippen molar-refractivity contribution in [3.05, 3.63) is 29.8 Å². The Morgan fingerprint density at radius 1 is 1.16 bits per heavy atom. The van der Waals surface area contributed by atoms with Crippen molar-refractivity contribution < 1.29 is 4.79 Å². The maximum absolute atomic E-state index is 12.2. The normalized spacial score (nSPS) is 18.3. The fourth-order valence-electron chi connectivity index (χ4n) is 4.39. The van der Waals surface area contributed by atoms with E-state index in [1.165, 1.54) is 43.4 Å². The summed E-state index contributed by atoms with van der Waals surface area (Å²) in [6, 6.07) is 9.29. The number of halogens is 1. The summed E-state index contributed by atoms with van der Waals surface area (Å²) in [6.07, 6.45) is 9.00. The largest absolute Gasteiger partial charge is 0.372 e. The van der Waals surface area contributed by atoms with Crippen LogP contribution in [0, 0.1) is 0 Å². The lowest BCUT2D eigenvalue weighted by Gasteiger charge is -2.23. The molecule has 0 spiro atoms. The predicted octanol–water partition coefficient (Wildman–Crippen LogP) is 4.36. The van der Waals surface area contributed by atoms with Gasteiger partial charge in [-0.1, -0.05) is 31.4 Å². The number of nitrogens with one attached hydrogen (secondary N) is 3. The summed E-state index contributed by atoms with van der Waals surface area (Å²) in [5, 5.41) is 9.97. The minimum Gasteiger partial charge on any atom is -0.372 e. The van der Waals surface area contributed by atoms with Gasteiger partial charge in [-0.2, -0.15) is 0 Å². The number of aliphatic imine (C=N–C) groups is 1. The Balaban J connectivity index is 0.00000341. The Labute approximate surface area is 205 Å². The molecule has 3 rings (SSSR count). The first kappa shape index (κ1) is 25.7. The van der Waals surface area contributed by atoms with Crippen LogP contribution in [0.1, 0.15) is 76.8 Å². The number of nitrogens with zero attached hydrogens (tertiary/aromatic N) is 2. The van der Waals surface area contributed by atoms with Crippen molar-refractivity contribution in [1.82, 2.24) is 16.0 Å². The van der Waals surface area contributed by atoms with Crippen LogP contribution in [0.2, 0.25) is 0 Å². The van der Waals surface area contributed by atoms with Crippen LogP contribution in [0.25, 0.3) is 0 Å². The van der Waals surface area contributed by atoms with E-state index in [1.54, 1.807) is 0 Å². The highest BCUT2D eigenvalue weighted by molar-refractivity contribution is 14.0. The van der Waals surface area contributed by atoms with Crippen molar-refractivity contribution in [2.75, 3.05) is 31.1 Å². The molecule has 1 saturated heterocycles. The number of carbonyl (C=O) groups is 1. The number of hydrogen-bond acceptors (Lipinski definition) is 3. The predicted molar refractivity (Wildman–Crippen MR) is 140 cm³/mol. The fraction of sp³-hybridized carbons (Fsp3) is 0.667. The van der Waals surface area contributed by atoms with Gasteiger partial charge < -0.3 is 20.9 Å². The Kier molecular flexibility index (Phi) is 11.5. The molecule has 2 aliphatic rings. The van der Waals surface area contributed by atoms with Crippen molar-refractivity contribution in [3.63, 3.8) is 0 Å². The van der Waals surface area contributed by atoms with Crippen molar-refractivity contribution >= 4 is 41.5 Å². The molecule has 1 aliphatic carbocycles. The molecular weight excluding hydrogens is 501 g/mol. The van der Waals surface area contributed by atoms with E-state index in [9.17, 15) is 4.79 Å². The molecule has 1 atom stereocenters. The SMILES string of the molecule is CCNC(=NCCC(=O)NC1CCCCC1)NC(C)c1cccc(N2CCCC2)c1.I. The Morgan fingerprint density at radius 3 is 2.61 bits per heavy atom. The first-order valence-corrected chi connectivity index (χ1v) is 11.8. The number of carbonyl (C=O) groups excluding carboxylic acids is 1. The van der Waals surface area contributed by atoms with Crippen molar-refractivity contribution in [2.45, 2.75) is 77.3 Å². The molecule has 1 aromatic carbocycles. The van der Waals surface area contributed by atoms with Crippen LogP contribution in [-0.2, 0) is 4.79 Å².